The lowest BCUT2D eigenvalue weighted by atomic mass is 9.96. The molecule has 7 heteroatoms. The fourth-order valence-electron chi connectivity index (χ4n) is 2.75. The fraction of sp³-hybridized carbons (Fsp3) is 0.167. The van der Waals surface area contributed by atoms with Gasteiger partial charge in [0.1, 0.15) is 11.5 Å². The normalized spacial score (nSPS) is 13.4. The van der Waals surface area contributed by atoms with Crippen molar-refractivity contribution in [3.63, 3.8) is 0 Å². The zero-order valence-electron chi connectivity index (χ0n) is 13.7. The van der Waals surface area contributed by atoms with E-state index in [1.165, 1.54) is 14.2 Å². The van der Waals surface area contributed by atoms with Crippen molar-refractivity contribution in [3.05, 3.63) is 64.7 Å². The Hall–Kier alpha value is -3.44. The summed E-state index contributed by atoms with van der Waals surface area (Å²) in [6.07, 6.45) is 0. The molecule has 0 aromatic heterocycles. The summed E-state index contributed by atoms with van der Waals surface area (Å²) in [6, 6.07) is 11.6. The lowest BCUT2D eigenvalue weighted by Gasteiger charge is -2.24. The van der Waals surface area contributed by atoms with Crippen molar-refractivity contribution in [1.82, 2.24) is 4.90 Å². The van der Waals surface area contributed by atoms with E-state index in [2.05, 4.69) is 4.79 Å². The Labute approximate surface area is 144 Å². The second-order valence-corrected chi connectivity index (χ2v) is 5.37. The van der Waals surface area contributed by atoms with Crippen LogP contribution in [-0.4, -0.2) is 41.4 Å². The molecule has 1 aliphatic heterocycles. The molecular formula is C18H15N3O4. The Morgan fingerprint density at radius 1 is 1.00 bits per heavy atom. The molecule has 25 heavy (non-hydrogen) atoms. The zero-order valence-corrected chi connectivity index (χ0v) is 13.7. The topological polar surface area (TPSA) is 92.2 Å². The summed E-state index contributed by atoms with van der Waals surface area (Å²) in [7, 11) is 3.03. The number of rotatable bonds is 4. The molecule has 3 rings (SSSR count). The van der Waals surface area contributed by atoms with Crippen LogP contribution in [0.2, 0.25) is 0 Å². The third kappa shape index (κ3) is 2.77. The van der Waals surface area contributed by atoms with Gasteiger partial charge in [0.25, 0.3) is 5.91 Å². The highest BCUT2D eigenvalue weighted by Gasteiger charge is 2.41. The van der Waals surface area contributed by atoms with Crippen LogP contribution in [0.5, 0.6) is 11.5 Å². The van der Waals surface area contributed by atoms with Gasteiger partial charge in [0.05, 0.1) is 31.9 Å². The van der Waals surface area contributed by atoms with Crippen molar-refractivity contribution < 1.29 is 23.9 Å². The highest BCUT2D eigenvalue weighted by molar-refractivity contribution is 6.49. The SMILES string of the molecule is COc1ccc(CN2C(=O)C(=[N+]=[N-])c3ccccc3C2=O)c(OC)c1. The van der Waals surface area contributed by atoms with Crippen LogP contribution in [-0.2, 0) is 11.3 Å². The van der Waals surface area contributed by atoms with Crippen molar-refractivity contribution in [2.45, 2.75) is 6.54 Å². The minimum Gasteiger partial charge on any atom is -0.497 e. The molecule has 0 atom stereocenters. The molecular weight excluding hydrogens is 322 g/mol. The van der Waals surface area contributed by atoms with Crippen LogP contribution < -0.4 is 9.47 Å². The molecule has 0 unspecified atom stereocenters. The number of carbonyl (C=O) groups excluding carboxylic acids is 2. The van der Waals surface area contributed by atoms with Gasteiger partial charge in [0.2, 0.25) is 0 Å². The number of carbonyl (C=O) groups is 2. The lowest BCUT2D eigenvalue weighted by molar-refractivity contribution is -0.126. The number of methoxy groups -OCH3 is 2. The number of benzene rings is 2. The van der Waals surface area contributed by atoms with Crippen LogP contribution in [0.4, 0.5) is 0 Å². The van der Waals surface area contributed by atoms with Gasteiger partial charge in [-0.05, 0) is 24.3 Å². The first-order valence-corrected chi connectivity index (χ1v) is 7.49. The van der Waals surface area contributed by atoms with Crippen LogP contribution in [0, 0.1) is 0 Å². The molecule has 0 N–H and O–H groups in total. The van der Waals surface area contributed by atoms with Gasteiger partial charge in [-0.3, -0.25) is 14.5 Å². The summed E-state index contributed by atoms with van der Waals surface area (Å²) in [5.41, 5.74) is 10.3. The number of nitrogens with zero attached hydrogens (tertiary/aromatic N) is 3. The Morgan fingerprint density at radius 3 is 2.36 bits per heavy atom. The molecule has 0 fully saturated rings. The fourth-order valence-corrected chi connectivity index (χ4v) is 2.75. The van der Waals surface area contributed by atoms with Crippen molar-refractivity contribution in [3.8, 4) is 11.5 Å². The summed E-state index contributed by atoms with van der Waals surface area (Å²) in [6.45, 7) is -0.0157. The van der Waals surface area contributed by atoms with Crippen LogP contribution in [0.25, 0.3) is 5.53 Å². The highest BCUT2D eigenvalue weighted by Crippen LogP contribution is 2.28. The number of hydrogen-bond acceptors (Lipinski definition) is 4. The maximum absolute atomic E-state index is 12.7. The molecule has 7 nitrogen and oxygen atoms in total. The number of imide groups is 1. The summed E-state index contributed by atoms with van der Waals surface area (Å²) < 4.78 is 10.5. The van der Waals surface area contributed by atoms with Gasteiger partial charge in [-0.15, -0.1) is 0 Å². The average molecular weight is 337 g/mol. The second-order valence-electron chi connectivity index (χ2n) is 5.37. The van der Waals surface area contributed by atoms with Gasteiger partial charge in [0, 0.05) is 11.6 Å². The van der Waals surface area contributed by atoms with E-state index in [1.807, 2.05) is 0 Å². The van der Waals surface area contributed by atoms with Gasteiger partial charge in [0.15, 0.2) is 0 Å². The molecule has 2 amide bonds. The molecule has 0 saturated heterocycles. The van der Waals surface area contributed by atoms with E-state index in [4.69, 9.17) is 9.47 Å². The first kappa shape index (κ1) is 16.4. The third-order valence-corrected chi connectivity index (χ3v) is 4.03. The van der Waals surface area contributed by atoms with E-state index in [0.717, 1.165) is 4.90 Å². The average Bonchev–Trinajstić information content (AvgIpc) is 2.65. The smallest absolute Gasteiger partial charge is 0.387 e. The second kappa shape index (κ2) is 6.59. The van der Waals surface area contributed by atoms with Crippen molar-refractivity contribution in [2.24, 2.45) is 0 Å². The third-order valence-electron chi connectivity index (χ3n) is 4.03. The molecule has 0 bridgehead atoms. The number of hydrogen-bond donors (Lipinski definition) is 0. The van der Waals surface area contributed by atoms with Gasteiger partial charge in [-0.2, -0.15) is 4.79 Å². The summed E-state index contributed by atoms with van der Waals surface area (Å²) >= 11 is 0. The van der Waals surface area contributed by atoms with Gasteiger partial charge in [-0.1, -0.05) is 12.1 Å². The van der Waals surface area contributed by atoms with E-state index >= 15 is 0 Å². The molecule has 1 aliphatic rings. The van der Waals surface area contributed by atoms with Crippen molar-refractivity contribution >= 4 is 17.5 Å². The van der Waals surface area contributed by atoms with E-state index < -0.39 is 11.8 Å². The zero-order chi connectivity index (χ0) is 18.0. The number of fused-ring (bicyclic) bond motifs is 1. The minimum atomic E-state index is -0.663. The molecule has 0 saturated carbocycles. The predicted molar refractivity (Wildman–Crippen MR) is 88.6 cm³/mol. The highest BCUT2D eigenvalue weighted by atomic mass is 16.5. The molecule has 0 aliphatic carbocycles. The minimum absolute atomic E-state index is 0.0157. The molecule has 0 spiro atoms. The summed E-state index contributed by atoms with van der Waals surface area (Å²) in [5.74, 6) is -0.0314. The van der Waals surface area contributed by atoms with Crippen LogP contribution in [0.15, 0.2) is 42.5 Å². The molecule has 126 valence electrons. The molecule has 0 radical (unpaired) electrons. The van der Waals surface area contributed by atoms with Crippen molar-refractivity contribution in [1.29, 1.82) is 0 Å². The first-order chi connectivity index (χ1) is 12.1. The maximum atomic E-state index is 12.7. The molecule has 2 aromatic rings. The first-order valence-electron chi connectivity index (χ1n) is 7.49. The van der Waals surface area contributed by atoms with Crippen LogP contribution in [0.3, 0.4) is 0 Å². The van der Waals surface area contributed by atoms with E-state index in [9.17, 15) is 15.1 Å². The van der Waals surface area contributed by atoms with E-state index in [-0.39, 0.29) is 12.3 Å². The Kier molecular flexibility index (Phi) is 4.33. The van der Waals surface area contributed by atoms with E-state index in [1.54, 1.807) is 42.5 Å². The van der Waals surface area contributed by atoms with E-state index in [0.29, 0.717) is 28.2 Å². The number of ether oxygens (including phenoxy) is 2. The largest absolute Gasteiger partial charge is 0.497 e. The Bertz CT molecular complexity index is 916. The number of amides is 2. The van der Waals surface area contributed by atoms with Gasteiger partial charge in [-0.25, -0.2) is 0 Å². The Balaban J connectivity index is 2.03. The summed E-state index contributed by atoms with van der Waals surface area (Å²) in [5, 5.41) is 0. The standard InChI is InChI=1S/C18H15N3O4/c1-24-12-8-7-11(15(9-12)25-2)10-21-17(22)14-6-4-3-5-13(14)16(20-19)18(21)23/h3-9H,10H2,1-2H3. The summed E-state index contributed by atoms with van der Waals surface area (Å²) in [4.78, 5) is 29.4. The maximum Gasteiger partial charge on any atom is 0.387 e. The quantitative estimate of drug-likeness (QED) is 0.484. The molecule has 2 aromatic carbocycles. The molecule has 1 heterocycles. The Morgan fingerprint density at radius 2 is 1.72 bits per heavy atom. The van der Waals surface area contributed by atoms with Crippen LogP contribution >= 0.6 is 0 Å². The predicted octanol–water partition coefficient (Wildman–Crippen LogP) is 1.91. The van der Waals surface area contributed by atoms with Gasteiger partial charge >= 0.3 is 11.6 Å². The lowest BCUT2D eigenvalue weighted by Crippen LogP contribution is -2.46. The van der Waals surface area contributed by atoms with Crippen LogP contribution in [0.1, 0.15) is 21.5 Å². The monoisotopic (exact) mass is 337 g/mol. The van der Waals surface area contributed by atoms with Gasteiger partial charge < -0.3 is 15.0 Å². The van der Waals surface area contributed by atoms with Crippen molar-refractivity contribution in [2.75, 3.05) is 14.2 Å².